The highest BCUT2D eigenvalue weighted by atomic mass is 16.2. The Bertz CT molecular complexity index is 1290. The summed E-state index contributed by atoms with van der Waals surface area (Å²) in [6, 6.07) is 18.2. The Hall–Kier alpha value is -3.48. The molecule has 0 aliphatic carbocycles. The van der Waals surface area contributed by atoms with Crippen LogP contribution in [-0.4, -0.2) is 56.6 Å². The number of rotatable bonds is 3. The zero-order valence-electron chi connectivity index (χ0n) is 19.5. The molecule has 7 heteroatoms. The summed E-state index contributed by atoms with van der Waals surface area (Å²) >= 11 is 0. The van der Waals surface area contributed by atoms with Crippen LogP contribution < -0.4 is 4.90 Å². The van der Waals surface area contributed by atoms with Crippen molar-refractivity contribution in [3.63, 3.8) is 0 Å². The van der Waals surface area contributed by atoms with Gasteiger partial charge in [0.2, 0.25) is 11.9 Å². The third kappa shape index (κ3) is 4.27. The van der Waals surface area contributed by atoms with Crippen molar-refractivity contribution in [2.24, 2.45) is 5.41 Å². The lowest BCUT2D eigenvalue weighted by Gasteiger charge is -2.26. The van der Waals surface area contributed by atoms with Gasteiger partial charge in [0.25, 0.3) is 0 Å². The van der Waals surface area contributed by atoms with Crippen LogP contribution in [0.15, 0.2) is 54.6 Å². The number of anilines is 1. The molecule has 2 aromatic carbocycles. The zero-order chi connectivity index (χ0) is 23.0. The molecule has 0 bridgehead atoms. The van der Waals surface area contributed by atoms with Gasteiger partial charge >= 0.3 is 0 Å². The second-order valence-corrected chi connectivity index (χ2v) is 9.94. The van der Waals surface area contributed by atoms with Crippen molar-refractivity contribution in [3.8, 4) is 11.4 Å². The molecule has 7 nitrogen and oxygen atoms in total. The highest BCUT2D eigenvalue weighted by molar-refractivity contribution is 5.93. The molecule has 1 aliphatic heterocycles. The fourth-order valence-corrected chi connectivity index (χ4v) is 4.48. The lowest BCUT2D eigenvalue weighted by atomic mass is 9.91. The third-order valence-corrected chi connectivity index (χ3v) is 6.07. The lowest BCUT2D eigenvalue weighted by Crippen LogP contribution is -2.37. The van der Waals surface area contributed by atoms with Gasteiger partial charge in [0.05, 0.1) is 5.52 Å². The van der Waals surface area contributed by atoms with E-state index >= 15 is 0 Å². The SMILES string of the molecule is CC(C)(C)CC(=O)N1CCCN(c2nc3ccccc3c3nnc(-c4ccccc4)n23)CC1. The molecule has 1 saturated heterocycles. The van der Waals surface area contributed by atoms with E-state index in [1.165, 1.54) is 0 Å². The minimum absolute atomic E-state index is 0.0117. The predicted molar refractivity (Wildman–Crippen MR) is 131 cm³/mol. The number of carbonyl (C=O) groups is 1. The molecule has 4 aromatic rings. The van der Waals surface area contributed by atoms with Crippen LogP contribution in [0.2, 0.25) is 0 Å². The van der Waals surface area contributed by atoms with Gasteiger partial charge in [0.15, 0.2) is 11.5 Å². The fraction of sp³-hybridized carbons (Fsp3) is 0.385. The largest absolute Gasteiger partial charge is 0.341 e. The summed E-state index contributed by atoms with van der Waals surface area (Å²) in [5, 5.41) is 10.1. The maximum Gasteiger partial charge on any atom is 0.223 e. The van der Waals surface area contributed by atoms with Crippen molar-refractivity contribution in [3.05, 3.63) is 54.6 Å². The van der Waals surface area contributed by atoms with Crippen molar-refractivity contribution in [2.75, 3.05) is 31.1 Å². The van der Waals surface area contributed by atoms with Gasteiger partial charge < -0.3 is 9.80 Å². The van der Waals surface area contributed by atoms with Crippen LogP contribution in [-0.2, 0) is 4.79 Å². The number of fused-ring (bicyclic) bond motifs is 3. The molecule has 0 N–H and O–H groups in total. The molecule has 33 heavy (non-hydrogen) atoms. The van der Waals surface area contributed by atoms with Crippen LogP contribution in [0.4, 0.5) is 5.95 Å². The molecule has 0 saturated carbocycles. The first-order valence-corrected chi connectivity index (χ1v) is 11.6. The van der Waals surface area contributed by atoms with Crippen molar-refractivity contribution >= 4 is 28.4 Å². The van der Waals surface area contributed by atoms with Crippen LogP contribution in [0.5, 0.6) is 0 Å². The Labute approximate surface area is 194 Å². The topological polar surface area (TPSA) is 66.6 Å². The smallest absolute Gasteiger partial charge is 0.223 e. The molecule has 0 atom stereocenters. The standard InChI is InChI=1S/C26H30N6O/c1-26(2,3)18-22(33)30-14-9-15-31(17-16-30)25-27-21-13-8-7-12-20(21)24-29-28-23(32(24)25)19-10-5-4-6-11-19/h4-8,10-13H,9,14-18H2,1-3H3. The van der Waals surface area contributed by atoms with Crippen LogP contribution in [0.1, 0.15) is 33.6 Å². The van der Waals surface area contributed by atoms with E-state index in [-0.39, 0.29) is 11.3 Å². The van der Waals surface area contributed by atoms with Gasteiger partial charge in [-0.1, -0.05) is 63.2 Å². The average molecular weight is 443 g/mol. The van der Waals surface area contributed by atoms with Crippen molar-refractivity contribution in [1.29, 1.82) is 0 Å². The molecule has 2 aromatic heterocycles. The van der Waals surface area contributed by atoms with E-state index in [1.807, 2.05) is 59.5 Å². The fourth-order valence-electron chi connectivity index (χ4n) is 4.48. The quantitative estimate of drug-likeness (QED) is 0.470. The summed E-state index contributed by atoms with van der Waals surface area (Å²) < 4.78 is 2.07. The maximum absolute atomic E-state index is 12.9. The third-order valence-electron chi connectivity index (χ3n) is 6.07. The second kappa shape index (κ2) is 8.46. The normalized spacial score (nSPS) is 15.2. The molecule has 0 spiro atoms. The number of hydrogen-bond donors (Lipinski definition) is 0. The van der Waals surface area contributed by atoms with E-state index in [9.17, 15) is 4.79 Å². The van der Waals surface area contributed by atoms with Crippen molar-refractivity contribution in [2.45, 2.75) is 33.6 Å². The van der Waals surface area contributed by atoms with E-state index in [0.29, 0.717) is 13.0 Å². The van der Waals surface area contributed by atoms with Gasteiger partial charge in [0, 0.05) is 43.5 Å². The highest BCUT2D eigenvalue weighted by Crippen LogP contribution is 2.29. The number of hydrogen-bond acceptors (Lipinski definition) is 5. The van der Waals surface area contributed by atoms with Gasteiger partial charge in [-0.2, -0.15) is 0 Å². The number of para-hydroxylation sites is 1. The zero-order valence-corrected chi connectivity index (χ0v) is 19.5. The summed E-state index contributed by atoms with van der Waals surface area (Å²) in [6.07, 6.45) is 1.46. The van der Waals surface area contributed by atoms with E-state index in [4.69, 9.17) is 4.98 Å². The number of aromatic nitrogens is 4. The Kier molecular flexibility index (Phi) is 5.48. The first-order valence-electron chi connectivity index (χ1n) is 11.6. The van der Waals surface area contributed by atoms with Gasteiger partial charge in [-0.05, 0) is 24.0 Å². The molecule has 0 radical (unpaired) electrons. The first kappa shape index (κ1) is 21.4. The van der Waals surface area contributed by atoms with E-state index in [1.54, 1.807) is 0 Å². The van der Waals surface area contributed by atoms with Crippen LogP contribution in [0.25, 0.3) is 27.9 Å². The van der Waals surface area contributed by atoms with Gasteiger partial charge in [-0.3, -0.25) is 4.79 Å². The number of nitrogens with zero attached hydrogens (tertiary/aromatic N) is 6. The van der Waals surface area contributed by atoms with E-state index < -0.39 is 0 Å². The van der Waals surface area contributed by atoms with Crippen LogP contribution in [0.3, 0.4) is 0 Å². The monoisotopic (exact) mass is 442 g/mol. The van der Waals surface area contributed by atoms with E-state index in [2.05, 4.69) is 40.3 Å². The predicted octanol–water partition coefficient (Wildman–Crippen LogP) is 4.42. The lowest BCUT2D eigenvalue weighted by molar-refractivity contribution is -0.132. The molecule has 1 aliphatic rings. The van der Waals surface area contributed by atoms with Crippen molar-refractivity contribution in [1.82, 2.24) is 24.5 Å². The summed E-state index contributed by atoms with van der Waals surface area (Å²) in [5.74, 6) is 1.84. The van der Waals surface area contributed by atoms with Gasteiger partial charge in [-0.25, -0.2) is 9.38 Å². The maximum atomic E-state index is 12.9. The average Bonchev–Trinajstić information content (AvgIpc) is 3.09. The Morgan fingerprint density at radius 3 is 2.45 bits per heavy atom. The summed E-state index contributed by atoms with van der Waals surface area (Å²) in [7, 11) is 0. The van der Waals surface area contributed by atoms with E-state index in [0.717, 1.165) is 59.9 Å². The van der Waals surface area contributed by atoms with Gasteiger partial charge in [-0.15, -0.1) is 10.2 Å². The molecular formula is C26H30N6O. The van der Waals surface area contributed by atoms with Crippen molar-refractivity contribution < 1.29 is 4.79 Å². The molecule has 1 fully saturated rings. The molecule has 1 amide bonds. The summed E-state index contributed by atoms with van der Waals surface area (Å²) in [5.41, 5.74) is 2.69. The molecule has 3 heterocycles. The summed E-state index contributed by atoms with van der Waals surface area (Å²) in [6.45, 7) is 9.35. The number of carbonyl (C=O) groups excluding carboxylic acids is 1. The van der Waals surface area contributed by atoms with Crippen LogP contribution >= 0.6 is 0 Å². The minimum Gasteiger partial charge on any atom is -0.341 e. The molecule has 0 unspecified atom stereocenters. The molecule has 170 valence electrons. The first-order chi connectivity index (χ1) is 15.9. The molecule has 5 rings (SSSR count). The molecular weight excluding hydrogens is 412 g/mol. The number of benzene rings is 2. The Balaban J connectivity index is 1.56. The minimum atomic E-state index is -0.0117. The van der Waals surface area contributed by atoms with Crippen LogP contribution in [0, 0.1) is 5.41 Å². The highest BCUT2D eigenvalue weighted by Gasteiger charge is 2.26. The Morgan fingerprint density at radius 1 is 0.909 bits per heavy atom. The number of amides is 1. The summed E-state index contributed by atoms with van der Waals surface area (Å²) in [4.78, 5) is 22.2. The second-order valence-electron chi connectivity index (χ2n) is 9.94. The van der Waals surface area contributed by atoms with Gasteiger partial charge in [0.1, 0.15) is 0 Å². The Morgan fingerprint density at radius 2 is 1.67 bits per heavy atom.